The van der Waals surface area contributed by atoms with Crippen molar-refractivity contribution >= 4 is 5.97 Å². The van der Waals surface area contributed by atoms with E-state index in [9.17, 15) is 9.90 Å². The van der Waals surface area contributed by atoms with E-state index in [0.29, 0.717) is 11.3 Å². The van der Waals surface area contributed by atoms with Gasteiger partial charge in [0.05, 0.1) is 0 Å². The lowest BCUT2D eigenvalue weighted by molar-refractivity contribution is -0.155. The zero-order valence-electron chi connectivity index (χ0n) is 10.1. The summed E-state index contributed by atoms with van der Waals surface area (Å²) < 4.78 is 0. The highest BCUT2D eigenvalue weighted by atomic mass is 16.4. The summed E-state index contributed by atoms with van der Waals surface area (Å²) in [6.45, 7) is 8.13. The van der Waals surface area contributed by atoms with Crippen LogP contribution in [0.3, 0.4) is 0 Å². The molecule has 2 N–H and O–H groups in total. The Bertz CT molecular complexity index is 256. The molecule has 0 aromatic rings. The molecule has 88 valence electrons. The fourth-order valence-electron chi connectivity index (χ4n) is 2.61. The first-order valence-corrected chi connectivity index (χ1v) is 5.58. The summed E-state index contributed by atoms with van der Waals surface area (Å²) in [5.74, 6) is -0.802. The summed E-state index contributed by atoms with van der Waals surface area (Å²) >= 11 is 0. The zero-order valence-corrected chi connectivity index (χ0v) is 10.1. The van der Waals surface area contributed by atoms with E-state index < -0.39 is 17.5 Å². The Morgan fingerprint density at radius 1 is 1.47 bits per heavy atom. The van der Waals surface area contributed by atoms with Crippen molar-refractivity contribution in [1.82, 2.24) is 0 Å². The fraction of sp³-hybridized carbons (Fsp3) is 0.917. The van der Waals surface area contributed by atoms with Crippen LogP contribution in [0, 0.1) is 16.7 Å². The first-order valence-electron chi connectivity index (χ1n) is 5.58. The summed E-state index contributed by atoms with van der Waals surface area (Å²) in [6.07, 6.45) is 1.89. The Morgan fingerprint density at radius 3 is 2.33 bits per heavy atom. The van der Waals surface area contributed by atoms with Gasteiger partial charge in [0, 0.05) is 5.41 Å². The molecule has 2 unspecified atom stereocenters. The topological polar surface area (TPSA) is 57.5 Å². The van der Waals surface area contributed by atoms with Crippen LogP contribution in [0.4, 0.5) is 0 Å². The largest absolute Gasteiger partial charge is 0.479 e. The minimum atomic E-state index is -1.25. The minimum absolute atomic E-state index is 0.292. The van der Waals surface area contributed by atoms with Gasteiger partial charge in [0.25, 0.3) is 0 Å². The molecule has 1 aliphatic carbocycles. The molecule has 0 saturated heterocycles. The fourth-order valence-corrected chi connectivity index (χ4v) is 2.61. The van der Waals surface area contributed by atoms with Crippen LogP contribution in [0.25, 0.3) is 0 Å². The number of aliphatic hydroxyl groups excluding tert-OH is 1. The highest BCUT2D eigenvalue weighted by Crippen LogP contribution is 2.49. The molecular weight excluding hydrogens is 192 g/mol. The summed E-state index contributed by atoms with van der Waals surface area (Å²) in [4.78, 5) is 10.8. The second kappa shape index (κ2) is 3.78. The molecule has 15 heavy (non-hydrogen) atoms. The molecule has 1 fully saturated rings. The smallest absolute Gasteiger partial charge is 0.333 e. The molecule has 0 radical (unpaired) electrons. The van der Waals surface area contributed by atoms with Crippen LogP contribution in [0.2, 0.25) is 0 Å². The summed E-state index contributed by atoms with van der Waals surface area (Å²) in [7, 11) is 0. The molecule has 1 aliphatic rings. The number of hydrogen-bond donors (Lipinski definition) is 2. The van der Waals surface area contributed by atoms with Crippen LogP contribution in [0.5, 0.6) is 0 Å². The maximum atomic E-state index is 10.8. The minimum Gasteiger partial charge on any atom is -0.479 e. The van der Waals surface area contributed by atoms with Gasteiger partial charge in [-0.3, -0.25) is 0 Å². The van der Waals surface area contributed by atoms with Crippen molar-refractivity contribution in [3.8, 4) is 0 Å². The van der Waals surface area contributed by atoms with Crippen molar-refractivity contribution in [1.29, 1.82) is 0 Å². The number of carboxylic acids is 1. The van der Waals surface area contributed by atoms with Crippen molar-refractivity contribution in [2.24, 2.45) is 16.7 Å². The van der Waals surface area contributed by atoms with Gasteiger partial charge in [-0.2, -0.15) is 0 Å². The van der Waals surface area contributed by atoms with Crippen molar-refractivity contribution < 1.29 is 15.0 Å². The average Bonchev–Trinajstić information content (AvgIpc) is 2.45. The number of hydrogen-bond acceptors (Lipinski definition) is 2. The number of rotatable bonds is 3. The van der Waals surface area contributed by atoms with E-state index in [1.807, 2.05) is 13.8 Å². The van der Waals surface area contributed by atoms with Gasteiger partial charge in [-0.25, -0.2) is 4.79 Å². The van der Waals surface area contributed by atoms with E-state index in [0.717, 1.165) is 19.3 Å². The monoisotopic (exact) mass is 214 g/mol. The first kappa shape index (κ1) is 12.5. The number of carboxylic acid groups (broad SMARTS) is 1. The molecule has 0 amide bonds. The SMILES string of the molecule is CC1(C)CCC(C(C)(C)C(O)C(=O)O)C1. The second-order valence-corrected chi connectivity index (χ2v) is 6.17. The van der Waals surface area contributed by atoms with E-state index in [-0.39, 0.29) is 0 Å². The lowest BCUT2D eigenvalue weighted by Gasteiger charge is -2.35. The Balaban J connectivity index is 2.75. The van der Waals surface area contributed by atoms with E-state index in [2.05, 4.69) is 13.8 Å². The van der Waals surface area contributed by atoms with Gasteiger partial charge in [0.2, 0.25) is 0 Å². The Morgan fingerprint density at radius 2 is 2.00 bits per heavy atom. The number of aliphatic carboxylic acids is 1. The quantitative estimate of drug-likeness (QED) is 0.757. The Hall–Kier alpha value is -0.570. The van der Waals surface area contributed by atoms with E-state index in [1.165, 1.54) is 0 Å². The summed E-state index contributed by atoms with van der Waals surface area (Å²) in [5, 5.41) is 18.5. The molecule has 3 heteroatoms. The molecule has 0 aromatic heterocycles. The molecule has 0 aliphatic heterocycles. The third-order valence-corrected chi connectivity index (χ3v) is 3.96. The summed E-state index contributed by atoms with van der Waals surface area (Å²) in [5.41, 5.74) is -0.236. The third-order valence-electron chi connectivity index (χ3n) is 3.96. The number of aliphatic hydroxyl groups is 1. The maximum absolute atomic E-state index is 10.8. The van der Waals surface area contributed by atoms with E-state index in [4.69, 9.17) is 5.11 Å². The highest BCUT2D eigenvalue weighted by Gasteiger charge is 2.45. The van der Waals surface area contributed by atoms with Gasteiger partial charge < -0.3 is 10.2 Å². The molecule has 3 nitrogen and oxygen atoms in total. The molecular formula is C12H22O3. The van der Waals surface area contributed by atoms with Crippen LogP contribution < -0.4 is 0 Å². The van der Waals surface area contributed by atoms with E-state index >= 15 is 0 Å². The zero-order chi connectivity index (χ0) is 11.9. The van der Waals surface area contributed by atoms with Crippen LogP contribution in [0.1, 0.15) is 47.0 Å². The van der Waals surface area contributed by atoms with Crippen LogP contribution >= 0.6 is 0 Å². The molecule has 2 atom stereocenters. The van der Waals surface area contributed by atoms with Crippen molar-refractivity contribution in [2.45, 2.75) is 53.1 Å². The third kappa shape index (κ3) is 2.51. The van der Waals surface area contributed by atoms with Crippen LogP contribution in [-0.2, 0) is 4.79 Å². The van der Waals surface area contributed by atoms with E-state index in [1.54, 1.807) is 0 Å². The van der Waals surface area contributed by atoms with Gasteiger partial charge >= 0.3 is 5.97 Å². The standard InChI is InChI=1S/C12H22O3/c1-11(2)6-5-8(7-11)12(3,4)9(13)10(14)15/h8-9,13H,5-7H2,1-4H3,(H,14,15). The molecule has 0 bridgehead atoms. The first-order chi connectivity index (χ1) is 6.67. The highest BCUT2D eigenvalue weighted by molar-refractivity contribution is 5.73. The predicted molar refractivity (Wildman–Crippen MR) is 58.5 cm³/mol. The lowest BCUT2D eigenvalue weighted by atomic mass is 9.72. The van der Waals surface area contributed by atoms with Crippen LogP contribution in [-0.4, -0.2) is 22.3 Å². The van der Waals surface area contributed by atoms with Gasteiger partial charge in [-0.15, -0.1) is 0 Å². The average molecular weight is 214 g/mol. The van der Waals surface area contributed by atoms with Crippen molar-refractivity contribution in [3.05, 3.63) is 0 Å². The van der Waals surface area contributed by atoms with Gasteiger partial charge in [0.15, 0.2) is 6.10 Å². The number of carbonyl (C=O) groups is 1. The molecule has 0 spiro atoms. The summed E-state index contributed by atoms with van der Waals surface area (Å²) in [6, 6.07) is 0. The van der Waals surface area contributed by atoms with Gasteiger partial charge in [-0.1, -0.05) is 27.7 Å². The Labute approximate surface area is 91.5 Å². The molecule has 0 heterocycles. The van der Waals surface area contributed by atoms with Crippen molar-refractivity contribution in [3.63, 3.8) is 0 Å². The van der Waals surface area contributed by atoms with Crippen LogP contribution in [0.15, 0.2) is 0 Å². The molecule has 0 aromatic carbocycles. The second-order valence-electron chi connectivity index (χ2n) is 6.17. The maximum Gasteiger partial charge on any atom is 0.333 e. The Kier molecular flexibility index (Phi) is 3.15. The van der Waals surface area contributed by atoms with Gasteiger partial charge in [0.1, 0.15) is 0 Å². The molecule has 1 rings (SSSR count). The predicted octanol–water partition coefficient (Wildman–Crippen LogP) is 2.28. The van der Waals surface area contributed by atoms with Crippen molar-refractivity contribution in [2.75, 3.05) is 0 Å². The molecule has 1 saturated carbocycles. The van der Waals surface area contributed by atoms with Gasteiger partial charge in [-0.05, 0) is 30.6 Å². The normalized spacial score (nSPS) is 27.7. The lowest BCUT2D eigenvalue weighted by Crippen LogP contribution is -2.41.